The van der Waals surface area contributed by atoms with Crippen LogP contribution in [0.2, 0.25) is 0 Å². The van der Waals surface area contributed by atoms with Crippen LogP contribution in [0.15, 0.2) is 60.7 Å². The summed E-state index contributed by atoms with van der Waals surface area (Å²) in [6, 6.07) is 20.2. The van der Waals surface area contributed by atoms with Crippen molar-refractivity contribution in [2.24, 2.45) is 0 Å². The van der Waals surface area contributed by atoms with Crippen LogP contribution in [0.4, 0.5) is 4.79 Å². The summed E-state index contributed by atoms with van der Waals surface area (Å²) in [5, 5.41) is 0. The molecule has 0 N–H and O–H groups in total. The third kappa shape index (κ3) is 5.32. The lowest BCUT2D eigenvalue weighted by Crippen LogP contribution is -2.40. The van der Waals surface area contributed by atoms with Gasteiger partial charge in [-0.3, -0.25) is 4.79 Å². The standard InChI is InChI=1S/C29H31NO5/c1-19-9-11-25(26-14-20(15-28(31)34-3)10-12-27(26)33-2)23(13-19)18-30(29(32)35-4)24-16-21-7-5-6-8-22(21)17-24/h5-14,24H,15-18H2,1-4H3. The van der Waals surface area contributed by atoms with Gasteiger partial charge in [0.15, 0.2) is 0 Å². The van der Waals surface area contributed by atoms with Crippen LogP contribution in [0.5, 0.6) is 5.75 Å². The van der Waals surface area contributed by atoms with Crippen molar-refractivity contribution in [2.45, 2.75) is 38.8 Å². The van der Waals surface area contributed by atoms with Gasteiger partial charge >= 0.3 is 12.1 Å². The second-order valence-electron chi connectivity index (χ2n) is 8.88. The third-order valence-corrected chi connectivity index (χ3v) is 6.61. The van der Waals surface area contributed by atoms with Crippen molar-refractivity contribution in [3.63, 3.8) is 0 Å². The molecule has 4 rings (SSSR count). The van der Waals surface area contributed by atoms with Crippen LogP contribution < -0.4 is 4.74 Å². The number of amides is 1. The molecule has 0 heterocycles. The Bertz CT molecular complexity index is 1210. The van der Waals surface area contributed by atoms with Crippen molar-refractivity contribution in [2.75, 3.05) is 21.3 Å². The summed E-state index contributed by atoms with van der Waals surface area (Å²) >= 11 is 0. The Morgan fingerprint density at radius 1 is 0.886 bits per heavy atom. The minimum absolute atomic E-state index is 0.0146. The molecule has 0 spiro atoms. The minimum atomic E-state index is -0.346. The van der Waals surface area contributed by atoms with E-state index in [9.17, 15) is 9.59 Å². The lowest BCUT2D eigenvalue weighted by Gasteiger charge is -2.29. The molecule has 0 aliphatic heterocycles. The Labute approximate surface area is 206 Å². The molecule has 0 radical (unpaired) electrons. The zero-order valence-electron chi connectivity index (χ0n) is 20.7. The van der Waals surface area contributed by atoms with Gasteiger partial charge in [-0.1, -0.05) is 54.1 Å². The number of benzene rings is 3. The van der Waals surface area contributed by atoms with Gasteiger partial charge in [0.2, 0.25) is 0 Å². The lowest BCUT2D eigenvalue weighted by atomic mass is 9.94. The molecule has 6 heteroatoms. The number of ether oxygens (including phenoxy) is 3. The van der Waals surface area contributed by atoms with Gasteiger partial charge in [0.25, 0.3) is 0 Å². The fourth-order valence-electron chi connectivity index (χ4n) is 4.83. The predicted octanol–water partition coefficient (Wildman–Crippen LogP) is 5.12. The third-order valence-electron chi connectivity index (χ3n) is 6.61. The number of rotatable bonds is 7. The average Bonchev–Trinajstić information content (AvgIpc) is 3.30. The maximum absolute atomic E-state index is 12.9. The molecule has 35 heavy (non-hydrogen) atoms. The first-order chi connectivity index (χ1) is 16.9. The molecular formula is C29H31NO5. The van der Waals surface area contributed by atoms with E-state index in [1.807, 2.05) is 54.3 Å². The second-order valence-corrected chi connectivity index (χ2v) is 8.88. The monoisotopic (exact) mass is 473 g/mol. The van der Waals surface area contributed by atoms with Gasteiger partial charge in [-0.25, -0.2) is 4.79 Å². The smallest absolute Gasteiger partial charge is 0.410 e. The zero-order valence-corrected chi connectivity index (χ0v) is 20.7. The van der Waals surface area contributed by atoms with Crippen LogP contribution in [0.3, 0.4) is 0 Å². The molecule has 0 saturated carbocycles. The van der Waals surface area contributed by atoms with Crippen LogP contribution in [-0.4, -0.2) is 44.3 Å². The van der Waals surface area contributed by atoms with E-state index in [0.717, 1.165) is 40.7 Å². The van der Waals surface area contributed by atoms with E-state index < -0.39 is 0 Å². The number of hydrogen-bond acceptors (Lipinski definition) is 5. The Kier molecular flexibility index (Phi) is 7.39. The number of fused-ring (bicyclic) bond motifs is 1. The summed E-state index contributed by atoms with van der Waals surface area (Å²) in [6.45, 7) is 2.43. The molecule has 1 amide bonds. The number of methoxy groups -OCH3 is 3. The molecule has 0 atom stereocenters. The van der Waals surface area contributed by atoms with E-state index in [-0.39, 0.29) is 24.5 Å². The van der Waals surface area contributed by atoms with Gasteiger partial charge in [0, 0.05) is 18.2 Å². The first kappa shape index (κ1) is 24.3. The lowest BCUT2D eigenvalue weighted by molar-refractivity contribution is -0.139. The summed E-state index contributed by atoms with van der Waals surface area (Å²) in [5.41, 5.74) is 7.26. The molecule has 3 aromatic rings. The van der Waals surface area contributed by atoms with Crippen molar-refractivity contribution >= 4 is 12.1 Å². The van der Waals surface area contributed by atoms with Crippen molar-refractivity contribution in [3.05, 3.63) is 88.5 Å². The molecule has 182 valence electrons. The van der Waals surface area contributed by atoms with Gasteiger partial charge in [0.1, 0.15) is 5.75 Å². The Morgan fingerprint density at radius 3 is 2.23 bits per heavy atom. The first-order valence-electron chi connectivity index (χ1n) is 11.7. The summed E-state index contributed by atoms with van der Waals surface area (Å²) in [7, 11) is 4.44. The van der Waals surface area contributed by atoms with Crippen LogP contribution in [-0.2, 0) is 40.1 Å². The van der Waals surface area contributed by atoms with E-state index in [1.165, 1.54) is 25.3 Å². The van der Waals surface area contributed by atoms with Crippen LogP contribution >= 0.6 is 0 Å². The van der Waals surface area contributed by atoms with Crippen molar-refractivity contribution in [1.82, 2.24) is 4.90 Å². The van der Waals surface area contributed by atoms with Crippen LogP contribution in [0, 0.1) is 6.92 Å². The Balaban J connectivity index is 1.72. The molecule has 1 aliphatic carbocycles. The summed E-state index contributed by atoms with van der Waals surface area (Å²) in [6.07, 6.45) is 1.42. The number of hydrogen-bond donors (Lipinski definition) is 0. The molecule has 0 bridgehead atoms. The maximum Gasteiger partial charge on any atom is 0.410 e. The minimum Gasteiger partial charge on any atom is -0.496 e. The number of carbonyl (C=O) groups excluding carboxylic acids is 2. The fourth-order valence-corrected chi connectivity index (χ4v) is 4.83. The highest BCUT2D eigenvalue weighted by molar-refractivity contribution is 5.78. The van der Waals surface area contributed by atoms with Gasteiger partial charge in [-0.05, 0) is 59.7 Å². The number of carbonyl (C=O) groups is 2. The fraction of sp³-hybridized carbons (Fsp3) is 0.310. The topological polar surface area (TPSA) is 65.1 Å². The van der Waals surface area contributed by atoms with E-state index in [2.05, 4.69) is 18.2 Å². The van der Waals surface area contributed by atoms with E-state index in [4.69, 9.17) is 14.2 Å². The maximum atomic E-state index is 12.9. The van der Waals surface area contributed by atoms with Gasteiger partial charge in [-0.15, -0.1) is 0 Å². The molecular weight excluding hydrogens is 442 g/mol. The predicted molar refractivity (Wildman–Crippen MR) is 134 cm³/mol. The molecule has 0 fully saturated rings. The molecule has 6 nitrogen and oxygen atoms in total. The van der Waals surface area contributed by atoms with Crippen molar-refractivity contribution in [3.8, 4) is 16.9 Å². The highest BCUT2D eigenvalue weighted by Crippen LogP contribution is 2.36. The summed E-state index contributed by atoms with van der Waals surface area (Å²) < 4.78 is 15.7. The van der Waals surface area contributed by atoms with Gasteiger partial charge in [-0.2, -0.15) is 0 Å². The second kappa shape index (κ2) is 10.6. The largest absolute Gasteiger partial charge is 0.496 e. The Hall–Kier alpha value is -3.80. The quantitative estimate of drug-likeness (QED) is 0.446. The highest BCUT2D eigenvalue weighted by Gasteiger charge is 2.31. The van der Waals surface area contributed by atoms with E-state index in [1.54, 1.807) is 7.11 Å². The first-order valence-corrected chi connectivity index (χ1v) is 11.7. The molecule has 1 aliphatic rings. The average molecular weight is 474 g/mol. The van der Waals surface area contributed by atoms with Crippen molar-refractivity contribution < 1.29 is 23.8 Å². The number of nitrogens with zero attached hydrogens (tertiary/aromatic N) is 1. The highest BCUT2D eigenvalue weighted by atomic mass is 16.5. The van der Waals surface area contributed by atoms with E-state index >= 15 is 0 Å². The zero-order chi connectivity index (χ0) is 24.9. The van der Waals surface area contributed by atoms with E-state index in [0.29, 0.717) is 12.3 Å². The molecule has 0 saturated heterocycles. The van der Waals surface area contributed by atoms with Crippen molar-refractivity contribution in [1.29, 1.82) is 0 Å². The molecule has 0 unspecified atom stereocenters. The number of esters is 1. The number of aryl methyl sites for hydroxylation is 1. The molecule has 0 aromatic heterocycles. The SMILES string of the molecule is COC(=O)Cc1ccc(OC)c(-c2ccc(C)cc2CN(C(=O)OC)C2Cc3ccccc3C2)c1. The normalized spacial score (nSPS) is 12.7. The van der Waals surface area contributed by atoms with Crippen LogP contribution in [0.25, 0.3) is 11.1 Å². The molecule has 3 aromatic carbocycles. The summed E-state index contributed by atoms with van der Waals surface area (Å²) in [4.78, 5) is 26.6. The Morgan fingerprint density at radius 2 is 1.60 bits per heavy atom. The van der Waals surface area contributed by atoms with Crippen LogP contribution in [0.1, 0.15) is 27.8 Å². The van der Waals surface area contributed by atoms with Gasteiger partial charge < -0.3 is 19.1 Å². The summed E-state index contributed by atoms with van der Waals surface area (Å²) in [5.74, 6) is 0.393. The van der Waals surface area contributed by atoms with Gasteiger partial charge in [0.05, 0.1) is 27.8 Å².